The highest BCUT2D eigenvalue weighted by Gasteiger charge is 2.13. The molecule has 0 bridgehead atoms. The van der Waals surface area contributed by atoms with Crippen LogP contribution in [-0.2, 0) is 0 Å². The van der Waals surface area contributed by atoms with Gasteiger partial charge < -0.3 is 4.98 Å². The molecule has 0 spiro atoms. The molecular formula is C21H17N3O2S. The Kier molecular flexibility index (Phi) is 4.33. The standard InChI is InChI=1S/C21H17N3O2S/c1-12-7-8-15(9-13(12)2)18-11-27-21(23-18)24-20(26)17-10-14-5-3-4-6-16(14)19(25)22-17/h3-11H,1-2H3,(H,22,25)(H,23,24,26). The second kappa shape index (κ2) is 6.81. The number of fused-ring (bicyclic) bond motifs is 1. The quantitative estimate of drug-likeness (QED) is 0.553. The molecule has 0 atom stereocenters. The normalized spacial score (nSPS) is 10.9. The first-order chi connectivity index (χ1) is 13.0. The van der Waals surface area contributed by atoms with Gasteiger partial charge in [-0.3, -0.25) is 14.9 Å². The molecule has 0 saturated carbocycles. The van der Waals surface area contributed by atoms with Crippen molar-refractivity contribution in [1.29, 1.82) is 0 Å². The zero-order valence-electron chi connectivity index (χ0n) is 14.9. The number of aryl methyl sites for hydroxylation is 2. The molecule has 27 heavy (non-hydrogen) atoms. The van der Waals surface area contributed by atoms with Crippen molar-refractivity contribution in [2.45, 2.75) is 13.8 Å². The van der Waals surface area contributed by atoms with Gasteiger partial charge in [-0.15, -0.1) is 11.3 Å². The summed E-state index contributed by atoms with van der Waals surface area (Å²) in [6, 6.07) is 15.0. The molecule has 2 N–H and O–H groups in total. The zero-order chi connectivity index (χ0) is 19.0. The van der Waals surface area contributed by atoms with Crippen molar-refractivity contribution in [3.05, 3.63) is 81.1 Å². The predicted molar refractivity (Wildman–Crippen MR) is 110 cm³/mol. The fraction of sp³-hybridized carbons (Fsp3) is 0.0952. The predicted octanol–water partition coefficient (Wildman–Crippen LogP) is 4.52. The van der Waals surface area contributed by atoms with Crippen LogP contribution in [0.3, 0.4) is 0 Å². The lowest BCUT2D eigenvalue weighted by atomic mass is 10.1. The SMILES string of the molecule is Cc1ccc(-c2csc(NC(=O)c3cc4ccccc4c(=O)[nH]3)n2)cc1C. The highest BCUT2D eigenvalue weighted by molar-refractivity contribution is 7.14. The average molecular weight is 375 g/mol. The Balaban J connectivity index is 1.59. The first-order valence-electron chi connectivity index (χ1n) is 8.48. The summed E-state index contributed by atoms with van der Waals surface area (Å²) in [7, 11) is 0. The van der Waals surface area contributed by atoms with Crippen LogP contribution in [0.25, 0.3) is 22.0 Å². The lowest BCUT2D eigenvalue weighted by Crippen LogP contribution is -2.18. The number of carbonyl (C=O) groups is 1. The topological polar surface area (TPSA) is 74.8 Å². The Bertz CT molecular complexity index is 1220. The van der Waals surface area contributed by atoms with E-state index in [0.717, 1.165) is 16.6 Å². The van der Waals surface area contributed by atoms with Gasteiger partial charge in [-0.1, -0.05) is 30.3 Å². The Morgan fingerprint density at radius 2 is 1.89 bits per heavy atom. The van der Waals surface area contributed by atoms with Crippen molar-refractivity contribution in [2.24, 2.45) is 0 Å². The Hall–Kier alpha value is -3.25. The minimum absolute atomic E-state index is 0.210. The summed E-state index contributed by atoms with van der Waals surface area (Å²) in [5.74, 6) is -0.390. The van der Waals surface area contributed by atoms with E-state index in [1.54, 1.807) is 18.2 Å². The molecule has 0 aliphatic carbocycles. The number of aromatic amines is 1. The fourth-order valence-electron chi connectivity index (χ4n) is 2.86. The van der Waals surface area contributed by atoms with Crippen LogP contribution in [0, 0.1) is 13.8 Å². The van der Waals surface area contributed by atoms with Gasteiger partial charge >= 0.3 is 0 Å². The van der Waals surface area contributed by atoms with E-state index in [1.807, 2.05) is 23.6 Å². The number of nitrogens with zero attached hydrogens (tertiary/aromatic N) is 1. The number of nitrogens with one attached hydrogen (secondary N) is 2. The molecule has 0 radical (unpaired) electrons. The Labute approximate surface area is 159 Å². The molecule has 2 aromatic heterocycles. The average Bonchev–Trinajstić information content (AvgIpc) is 3.12. The maximum absolute atomic E-state index is 12.5. The number of amides is 1. The molecule has 2 aromatic carbocycles. The molecule has 0 unspecified atom stereocenters. The van der Waals surface area contributed by atoms with E-state index in [4.69, 9.17) is 0 Å². The van der Waals surface area contributed by atoms with Crippen LogP contribution in [0.5, 0.6) is 0 Å². The van der Waals surface area contributed by atoms with Gasteiger partial charge in [0.05, 0.1) is 5.69 Å². The fourth-order valence-corrected chi connectivity index (χ4v) is 3.58. The first-order valence-corrected chi connectivity index (χ1v) is 9.36. The van der Waals surface area contributed by atoms with E-state index >= 15 is 0 Å². The Morgan fingerprint density at radius 1 is 1.07 bits per heavy atom. The number of hydrogen-bond donors (Lipinski definition) is 2. The maximum Gasteiger partial charge on any atom is 0.273 e. The van der Waals surface area contributed by atoms with Crippen LogP contribution >= 0.6 is 11.3 Å². The van der Waals surface area contributed by atoms with Gasteiger partial charge in [0.25, 0.3) is 11.5 Å². The van der Waals surface area contributed by atoms with Crippen LogP contribution in [0.2, 0.25) is 0 Å². The van der Waals surface area contributed by atoms with Crippen molar-refractivity contribution >= 4 is 33.1 Å². The molecule has 6 heteroatoms. The van der Waals surface area contributed by atoms with E-state index in [1.165, 1.54) is 22.5 Å². The summed E-state index contributed by atoms with van der Waals surface area (Å²) < 4.78 is 0. The molecule has 5 nitrogen and oxygen atoms in total. The molecule has 2 heterocycles. The van der Waals surface area contributed by atoms with Gasteiger partial charge in [0.15, 0.2) is 5.13 Å². The smallest absolute Gasteiger partial charge is 0.273 e. The minimum Gasteiger partial charge on any atom is -0.317 e. The van der Waals surface area contributed by atoms with Crippen molar-refractivity contribution in [3.63, 3.8) is 0 Å². The second-order valence-corrected chi connectivity index (χ2v) is 7.25. The molecule has 0 fully saturated rings. The van der Waals surface area contributed by atoms with E-state index in [0.29, 0.717) is 10.5 Å². The largest absolute Gasteiger partial charge is 0.317 e. The number of H-pyrrole nitrogens is 1. The number of pyridine rings is 1. The van der Waals surface area contributed by atoms with E-state index in [-0.39, 0.29) is 17.2 Å². The molecule has 0 saturated heterocycles. The molecular weight excluding hydrogens is 358 g/mol. The molecule has 1 amide bonds. The third kappa shape index (κ3) is 3.39. The van der Waals surface area contributed by atoms with Gasteiger partial charge in [-0.2, -0.15) is 0 Å². The van der Waals surface area contributed by atoms with Crippen LogP contribution in [-0.4, -0.2) is 15.9 Å². The number of benzene rings is 2. The van der Waals surface area contributed by atoms with Crippen molar-refractivity contribution < 1.29 is 4.79 Å². The van der Waals surface area contributed by atoms with E-state index < -0.39 is 0 Å². The third-order valence-corrected chi connectivity index (χ3v) is 5.28. The van der Waals surface area contributed by atoms with Crippen molar-refractivity contribution in [1.82, 2.24) is 9.97 Å². The molecule has 0 aliphatic heterocycles. The van der Waals surface area contributed by atoms with E-state index in [2.05, 4.69) is 41.3 Å². The van der Waals surface area contributed by atoms with Crippen molar-refractivity contribution in [2.75, 3.05) is 5.32 Å². The highest BCUT2D eigenvalue weighted by atomic mass is 32.1. The molecule has 4 rings (SSSR count). The summed E-state index contributed by atoms with van der Waals surface area (Å²) in [6.45, 7) is 4.13. The van der Waals surface area contributed by atoms with Gasteiger partial charge in [0.1, 0.15) is 5.69 Å². The third-order valence-electron chi connectivity index (χ3n) is 4.53. The van der Waals surface area contributed by atoms with Gasteiger partial charge in [-0.05, 0) is 48.6 Å². The van der Waals surface area contributed by atoms with Crippen LogP contribution in [0.15, 0.2) is 58.7 Å². The Morgan fingerprint density at radius 3 is 2.70 bits per heavy atom. The monoisotopic (exact) mass is 375 g/mol. The van der Waals surface area contributed by atoms with Gasteiger partial charge in [0.2, 0.25) is 0 Å². The van der Waals surface area contributed by atoms with Crippen LogP contribution in [0.1, 0.15) is 21.6 Å². The van der Waals surface area contributed by atoms with Crippen LogP contribution in [0.4, 0.5) is 5.13 Å². The van der Waals surface area contributed by atoms with Crippen LogP contribution < -0.4 is 10.9 Å². The number of hydrogen-bond acceptors (Lipinski definition) is 4. The number of anilines is 1. The minimum atomic E-state index is -0.390. The summed E-state index contributed by atoms with van der Waals surface area (Å²) in [4.78, 5) is 31.8. The van der Waals surface area contributed by atoms with Gasteiger partial charge in [-0.25, -0.2) is 4.98 Å². The zero-order valence-corrected chi connectivity index (χ0v) is 15.7. The lowest BCUT2D eigenvalue weighted by Gasteiger charge is -2.04. The number of rotatable bonds is 3. The molecule has 4 aromatic rings. The van der Waals surface area contributed by atoms with E-state index in [9.17, 15) is 9.59 Å². The highest BCUT2D eigenvalue weighted by Crippen LogP contribution is 2.26. The van der Waals surface area contributed by atoms with Crippen molar-refractivity contribution in [3.8, 4) is 11.3 Å². The summed E-state index contributed by atoms with van der Waals surface area (Å²) >= 11 is 1.35. The van der Waals surface area contributed by atoms with Gasteiger partial charge in [0, 0.05) is 16.3 Å². The first kappa shape index (κ1) is 17.2. The summed E-state index contributed by atoms with van der Waals surface area (Å²) in [6.07, 6.45) is 0. The number of thiazole rings is 1. The molecule has 134 valence electrons. The number of aromatic nitrogens is 2. The number of carbonyl (C=O) groups excluding carboxylic acids is 1. The summed E-state index contributed by atoms with van der Waals surface area (Å²) in [5.41, 5.74) is 4.16. The summed E-state index contributed by atoms with van der Waals surface area (Å²) in [5, 5.41) is 6.44. The second-order valence-electron chi connectivity index (χ2n) is 6.39. The maximum atomic E-state index is 12.5. The lowest BCUT2D eigenvalue weighted by molar-refractivity contribution is 0.102. The molecule has 0 aliphatic rings.